The van der Waals surface area contributed by atoms with Crippen molar-refractivity contribution in [1.82, 2.24) is 28.3 Å². The first kappa shape index (κ1) is 26.7. The molecule has 4 heterocycles. The number of fused-ring (bicyclic) bond motifs is 1. The Bertz CT molecular complexity index is 1420. The van der Waals surface area contributed by atoms with E-state index in [1.807, 2.05) is 4.90 Å². The van der Waals surface area contributed by atoms with Crippen LogP contribution >= 0.6 is 11.8 Å². The van der Waals surface area contributed by atoms with Crippen LogP contribution in [0.3, 0.4) is 0 Å². The van der Waals surface area contributed by atoms with Crippen molar-refractivity contribution >= 4 is 44.7 Å². The molecule has 0 unspecified atom stereocenters. The van der Waals surface area contributed by atoms with Crippen molar-refractivity contribution in [3.8, 4) is 11.7 Å². The number of para-hydroxylation sites is 1. The number of sulfonamides is 1. The summed E-state index contributed by atoms with van der Waals surface area (Å²) in [7, 11) is -2.19. The molecule has 0 saturated carbocycles. The summed E-state index contributed by atoms with van der Waals surface area (Å²) in [6.07, 6.45) is -0.688. The van der Waals surface area contributed by atoms with Gasteiger partial charge in [-0.25, -0.2) is 22.2 Å². The number of hydrogen-bond donors (Lipinski definition) is 0. The van der Waals surface area contributed by atoms with Gasteiger partial charge in [0.2, 0.25) is 27.9 Å². The van der Waals surface area contributed by atoms with E-state index in [1.165, 1.54) is 11.7 Å². The van der Waals surface area contributed by atoms with Gasteiger partial charge in [-0.3, -0.25) is 4.57 Å². The molecule has 1 aromatic carbocycles. The van der Waals surface area contributed by atoms with E-state index >= 15 is 0 Å². The van der Waals surface area contributed by atoms with E-state index in [0.717, 1.165) is 10.1 Å². The number of anilines is 2. The fourth-order valence-corrected chi connectivity index (χ4v) is 5.55. The zero-order valence-electron chi connectivity index (χ0n) is 20.8. The number of morpholine rings is 1. The number of benzene rings is 1. The van der Waals surface area contributed by atoms with Crippen LogP contribution in [0.25, 0.3) is 17.0 Å². The molecule has 2 saturated heterocycles. The van der Waals surface area contributed by atoms with Gasteiger partial charge in [0, 0.05) is 26.2 Å². The summed E-state index contributed by atoms with van der Waals surface area (Å²) in [5, 5.41) is 0. The molecule has 0 N–H and O–H groups in total. The number of imidazole rings is 1. The highest BCUT2D eigenvalue weighted by molar-refractivity contribution is 7.89. The molecule has 0 aliphatic carbocycles. The van der Waals surface area contributed by atoms with Crippen LogP contribution in [0.5, 0.6) is 5.75 Å². The van der Waals surface area contributed by atoms with Gasteiger partial charge < -0.3 is 19.3 Å². The van der Waals surface area contributed by atoms with E-state index < -0.39 is 28.3 Å². The zero-order chi connectivity index (χ0) is 27.0. The van der Waals surface area contributed by atoms with E-state index in [0.29, 0.717) is 62.9 Å². The van der Waals surface area contributed by atoms with Gasteiger partial charge in [-0.15, -0.1) is 3.82 Å². The number of rotatable bonds is 7. The van der Waals surface area contributed by atoms with E-state index in [1.54, 1.807) is 23.1 Å². The van der Waals surface area contributed by atoms with Gasteiger partial charge in [0.15, 0.2) is 5.82 Å². The number of methoxy groups -OCH3 is 1. The molecule has 0 amide bonds. The zero-order valence-corrected chi connectivity index (χ0v) is 22.4. The maximum Gasteiger partial charge on any atom is 0.296 e. The van der Waals surface area contributed by atoms with Crippen LogP contribution in [0.2, 0.25) is 0 Å². The Labute approximate surface area is 223 Å². The molecule has 5 rings (SSSR count). The Hall–Kier alpha value is -2.88. The average molecular weight is 573 g/mol. The maximum atomic E-state index is 14.2. The molecule has 38 heavy (non-hydrogen) atoms. The largest absolute Gasteiger partial charge is 0.494 e. The van der Waals surface area contributed by atoms with Crippen LogP contribution in [-0.4, -0.2) is 95.5 Å². The van der Waals surface area contributed by atoms with Gasteiger partial charge in [-0.1, -0.05) is 6.07 Å². The quantitative estimate of drug-likeness (QED) is 0.390. The molecule has 3 aromatic rings. The normalized spacial score (nSPS) is 19.1. The molecular formula is C22H27ClF2N8O4S. The van der Waals surface area contributed by atoms with Gasteiger partial charge in [0.25, 0.3) is 6.43 Å². The Morgan fingerprint density at radius 3 is 2.42 bits per heavy atom. The van der Waals surface area contributed by atoms with Crippen molar-refractivity contribution in [3.05, 3.63) is 24.0 Å². The Balaban J connectivity index is 1.64. The fraction of sp³-hybridized carbons (Fsp3) is 0.545. The van der Waals surface area contributed by atoms with Crippen LogP contribution in [0.15, 0.2) is 18.2 Å². The lowest BCUT2D eigenvalue weighted by Crippen LogP contribution is -2.47. The maximum absolute atomic E-state index is 14.2. The highest BCUT2D eigenvalue weighted by Crippen LogP contribution is 2.33. The van der Waals surface area contributed by atoms with E-state index in [9.17, 15) is 17.2 Å². The van der Waals surface area contributed by atoms with Crippen molar-refractivity contribution < 1.29 is 26.7 Å². The summed E-state index contributed by atoms with van der Waals surface area (Å²) in [4.78, 5) is 21.7. The summed E-state index contributed by atoms with van der Waals surface area (Å²) in [6, 6.07) is 4.45. The first-order valence-electron chi connectivity index (χ1n) is 12.0. The summed E-state index contributed by atoms with van der Waals surface area (Å²) in [6.45, 7) is 2.70. The third-order valence-corrected chi connectivity index (χ3v) is 8.43. The van der Waals surface area contributed by atoms with Gasteiger partial charge in [-0.05, 0) is 36.8 Å². The molecule has 1 atom stereocenters. The molecular weight excluding hydrogens is 546 g/mol. The lowest BCUT2D eigenvalue weighted by molar-refractivity contribution is 0.122. The second kappa shape index (κ2) is 10.7. The average Bonchev–Trinajstić information content (AvgIpc) is 3.33. The predicted octanol–water partition coefficient (Wildman–Crippen LogP) is 2.38. The lowest BCUT2D eigenvalue weighted by Gasteiger charge is -2.35. The van der Waals surface area contributed by atoms with Crippen LogP contribution in [0.4, 0.5) is 20.7 Å². The Kier molecular flexibility index (Phi) is 7.53. The van der Waals surface area contributed by atoms with E-state index in [4.69, 9.17) is 21.3 Å². The molecule has 12 nitrogen and oxygen atoms in total. The molecule has 206 valence electrons. The summed E-state index contributed by atoms with van der Waals surface area (Å²) < 4.78 is 65.4. The Morgan fingerprint density at radius 1 is 1.08 bits per heavy atom. The third-order valence-electron chi connectivity index (χ3n) is 6.47. The molecule has 2 aliphatic heterocycles. The van der Waals surface area contributed by atoms with Crippen LogP contribution in [0, 0.1) is 0 Å². The predicted molar refractivity (Wildman–Crippen MR) is 137 cm³/mol. The fourth-order valence-electron chi connectivity index (χ4n) is 4.68. The summed E-state index contributed by atoms with van der Waals surface area (Å²) in [5.41, 5.74) is 0.606. The number of alkyl halides is 2. The lowest BCUT2D eigenvalue weighted by atomic mass is 10.1. The minimum absolute atomic E-state index is 0.0319. The number of aromatic nitrogens is 5. The van der Waals surface area contributed by atoms with Crippen molar-refractivity contribution in [2.45, 2.75) is 25.3 Å². The molecule has 0 radical (unpaired) electrons. The number of piperidine rings is 1. The van der Waals surface area contributed by atoms with Crippen LogP contribution in [-0.2, 0) is 14.8 Å². The second-order valence-electron chi connectivity index (χ2n) is 9.02. The molecule has 2 aromatic heterocycles. The van der Waals surface area contributed by atoms with Crippen molar-refractivity contribution in [3.63, 3.8) is 0 Å². The standard InChI is InChI=1S/C22H27ClF2N8O4S/c1-36-16-7-3-6-15-17(16)26-19(18(24)25)32(15)22-28-20(30-9-11-37-12-10-30)27-21(29-22)31-8-4-5-14(13-31)33(23)38(2,34)35/h3,6-7,14,18H,4-5,8-13H2,1-2H3/t14-/m0/s1. The highest BCUT2D eigenvalue weighted by atomic mass is 35.5. The molecule has 16 heteroatoms. The van der Waals surface area contributed by atoms with Crippen LogP contribution in [0.1, 0.15) is 25.1 Å². The topological polar surface area (TPSA) is 119 Å². The number of hydrogen-bond acceptors (Lipinski definition) is 10. The second-order valence-corrected chi connectivity index (χ2v) is 11.4. The SMILES string of the molecule is COc1cccc2c1nc(C(F)F)n2-c1nc(N2CCOCC2)nc(N2CCC[C@H](N(Cl)S(C)(=O)=O)C2)n1. The molecule has 2 fully saturated rings. The number of halogens is 3. The Morgan fingerprint density at radius 2 is 1.76 bits per heavy atom. The third kappa shape index (κ3) is 5.19. The van der Waals surface area contributed by atoms with E-state index in [2.05, 4.69) is 19.9 Å². The van der Waals surface area contributed by atoms with Gasteiger partial charge in [0.05, 0.1) is 38.1 Å². The minimum atomic E-state index is -3.63. The number of nitrogens with zero attached hydrogens (tertiary/aromatic N) is 8. The first-order valence-corrected chi connectivity index (χ1v) is 14.2. The van der Waals surface area contributed by atoms with Crippen LogP contribution < -0.4 is 14.5 Å². The van der Waals surface area contributed by atoms with Crippen molar-refractivity contribution in [2.24, 2.45) is 0 Å². The molecule has 0 bridgehead atoms. The molecule has 2 aliphatic rings. The van der Waals surface area contributed by atoms with Gasteiger partial charge >= 0.3 is 0 Å². The highest BCUT2D eigenvalue weighted by Gasteiger charge is 2.32. The van der Waals surface area contributed by atoms with Gasteiger partial charge in [-0.2, -0.15) is 15.0 Å². The van der Waals surface area contributed by atoms with Crippen molar-refractivity contribution in [1.29, 1.82) is 0 Å². The van der Waals surface area contributed by atoms with Crippen molar-refractivity contribution in [2.75, 3.05) is 62.6 Å². The van der Waals surface area contributed by atoms with Gasteiger partial charge in [0.1, 0.15) is 11.3 Å². The first-order chi connectivity index (χ1) is 18.2. The smallest absolute Gasteiger partial charge is 0.296 e. The minimum Gasteiger partial charge on any atom is -0.494 e. The molecule has 0 spiro atoms. The monoisotopic (exact) mass is 572 g/mol. The summed E-state index contributed by atoms with van der Waals surface area (Å²) in [5.74, 6) is 0.300. The van der Waals surface area contributed by atoms with E-state index in [-0.39, 0.29) is 24.0 Å². The number of ether oxygens (including phenoxy) is 2. The summed E-state index contributed by atoms with van der Waals surface area (Å²) >= 11 is 6.14.